The number of allylic oxidation sites excluding steroid dienone is 1. The summed E-state index contributed by atoms with van der Waals surface area (Å²) in [6.07, 6.45) is 2.14. The minimum Gasteiger partial charge on any atom is -0.493 e. The molecular weight excluding hydrogens is 344 g/mol. The Balaban J connectivity index is 2.28. The summed E-state index contributed by atoms with van der Waals surface area (Å²) in [6, 6.07) is 6.44. The van der Waals surface area contributed by atoms with Crippen molar-refractivity contribution in [3.05, 3.63) is 53.1 Å². The van der Waals surface area contributed by atoms with E-state index in [0.717, 1.165) is 34.0 Å². The minimum absolute atomic E-state index is 0.114. The lowest BCUT2D eigenvalue weighted by Gasteiger charge is -2.33. The highest BCUT2D eigenvalue weighted by molar-refractivity contribution is 6.18. The molecule has 0 aromatic heterocycles. The summed E-state index contributed by atoms with van der Waals surface area (Å²) in [7, 11) is 1.33. The molecule has 1 N–H and O–H groups in total. The molecule has 2 nitrogen and oxygen atoms in total. The molecular formula is C20H20ClF2NO. The number of nitrogens with one attached hydrogen (secondary N) is 1. The van der Waals surface area contributed by atoms with Gasteiger partial charge >= 0.3 is 0 Å². The van der Waals surface area contributed by atoms with Crippen LogP contribution in [0.4, 0.5) is 14.5 Å². The molecule has 0 saturated carbocycles. The van der Waals surface area contributed by atoms with Crippen molar-refractivity contribution in [1.82, 2.24) is 0 Å². The molecule has 1 aliphatic heterocycles. The molecule has 5 heteroatoms. The maximum Gasteiger partial charge on any atom is 0.201 e. The molecule has 0 radical (unpaired) electrons. The summed E-state index contributed by atoms with van der Waals surface area (Å²) in [5.41, 5.74) is 4.99. The van der Waals surface area contributed by atoms with Crippen LogP contribution in [-0.4, -0.2) is 12.6 Å². The van der Waals surface area contributed by atoms with Crippen molar-refractivity contribution in [3.63, 3.8) is 0 Å². The van der Waals surface area contributed by atoms with Gasteiger partial charge < -0.3 is 10.1 Å². The van der Waals surface area contributed by atoms with Crippen molar-refractivity contribution in [2.75, 3.05) is 12.4 Å². The zero-order chi connectivity index (χ0) is 18.4. The van der Waals surface area contributed by atoms with E-state index < -0.39 is 11.6 Å². The molecule has 132 valence electrons. The highest BCUT2D eigenvalue weighted by Crippen LogP contribution is 2.43. The summed E-state index contributed by atoms with van der Waals surface area (Å²) in [6.45, 7) is 6.21. The molecule has 0 aliphatic carbocycles. The van der Waals surface area contributed by atoms with E-state index in [1.807, 2.05) is 19.1 Å². The van der Waals surface area contributed by atoms with Crippen molar-refractivity contribution in [2.24, 2.45) is 0 Å². The Morgan fingerprint density at radius 2 is 1.80 bits per heavy atom. The van der Waals surface area contributed by atoms with Crippen molar-refractivity contribution < 1.29 is 13.5 Å². The molecule has 2 aromatic carbocycles. The standard InChI is InChI=1S/C20H20ClF2NO/c1-11-9-20(2,3)24-16-8-6-12(14(10-21)17(11)16)13-5-7-15(22)18(23)19(13)25-4/h5-9,24H,10H2,1-4H3. The van der Waals surface area contributed by atoms with Gasteiger partial charge in [-0.2, -0.15) is 4.39 Å². The first-order chi connectivity index (χ1) is 11.8. The first-order valence-electron chi connectivity index (χ1n) is 8.01. The first kappa shape index (κ1) is 17.7. The van der Waals surface area contributed by atoms with E-state index in [0.29, 0.717) is 5.56 Å². The minimum atomic E-state index is -0.996. The molecule has 0 fully saturated rings. The number of anilines is 1. The number of hydrogen-bond donors (Lipinski definition) is 1. The van der Waals surface area contributed by atoms with Crippen LogP contribution in [0.5, 0.6) is 5.75 Å². The average molecular weight is 364 g/mol. The zero-order valence-corrected chi connectivity index (χ0v) is 15.4. The number of hydrogen-bond acceptors (Lipinski definition) is 2. The van der Waals surface area contributed by atoms with Crippen LogP contribution in [0.3, 0.4) is 0 Å². The Bertz CT molecular complexity index is 874. The number of benzene rings is 2. The van der Waals surface area contributed by atoms with Gasteiger partial charge in [0.25, 0.3) is 0 Å². The lowest BCUT2D eigenvalue weighted by atomic mass is 9.85. The van der Waals surface area contributed by atoms with Crippen LogP contribution in [0.2, 0.25) is 0 Å². The Morgan fingerprint density at radius 3 is 2.44 bits per heavy atom. The maximum atomic E-state index is 14.1. The lowest BCUT2D eigenvalue weighted by Crippen LogP contribution is -2.31. The second-order valence-corrected chi connectivity index (χ2v) is 7.03. The number of halogens is 3. The highest BCUT2D eigenvalue weighted by atomic mass is 35.5. The van der Waals surface area contributed by atoms with Gasteiger partial charge in [-0.15, -0.1) is 11.6 Å². The Labute approximate surface area is 151 Å². The molecule has 2 aromatic rings. The van der Waals surface area contributed by atoms with Crippen molar-refractivity contribution in [3.8, 4) is 16.9 Å². The second-order valence-electron chi connectivity index (χ2n) is 6.76. The third-order valence-corrected chi connectivity index (χ3v) is 4.69. The van der Waals surface area contributed by atoms with E-state index in [2.05, 4.69) is 25.2 Å². The Kier molecular flexibility index (Phi) is 4.50. The van der Waals surface area contributed by atoms with Gasteiger partial charge in [-0.05, 0) is 55.7 Å². The summed E-state index contributed by atoms with van der Waals surface area (Å²) in [5.74, 6) is -1.80. The molecule has 0 bridgehead atoms. The van der Waals surface area contributed by atoms with E-state index in [4.69, 9.17) is 16.3 Å². The highest BCUT2D eigenvalue weighted by Gasteiger charge is 2.27. The van der Waals surface area contributed by atoms with Gasteiger partial charge in [0.15, 0.2) is 11.6 Å². The van der Waals surface area contributed by atoms with Crippen LogP contribution in [0.25, 0.3) is 16.7 Å². The van der Waals surface area contributed by atoms with Gasteiger partial charge in [-0.1, -0.05) is 12.1 Å². The molecule has 3 rings (SSSR count). The fourth-order valence-corrected chi connectivity index (χ4v) is 3.81. The third kappa shape index (κ3) is 2.99. The lowest BCUT2D eigenvalue weighted by molar-refractivity contribution is 0.373. The van der Waals surface area contributed by atoms with Crippen LogP contribution in [0.15, 0.2) is 30.3 Å². The Morgan fingerprint density at radius 1 is 1.12 bits per heavy atom. The predicted molar refractivity (Wildman–Crippen MR) is 99.3 cm³/mol. The van der Waals surface area contributed by atoms with Crippen LogP contribution >= 0.6 is 11.6 Å². The van der Waals surface area contributed by atoms with Gasteiger partial charge in [0, 0.05) is 22.7 Å². The van der Waals surface area contributed by atoms with Gasteiger partial charge in [-0.25, -0.2) is 4.39 Å². The van der Waals surface area contributed by atoms with Crippen LogP contribution in [-0.2, 0) is 5.88 Å². The van der Waals surface area contributed by atoms with Crippen LogP contribution < -0.4 is 10.1 Å². The van der Waals surface area contributed by atoms with Gasteiger partial charge in [0.2, 0.25) is 5.82 Å². The molecule has 1 heterocycles. The summed E-state index contributed by atoms with van der Waals surface area (Å²) in [4.78, 5) is 0. The summed E-state index contributed by atoms with van der Waals surface area (Å²) >= 11 is 6.26. The maximum absolute atomic E-state index is 14.1. The molecule has 0 atom stereocenters. The van der Waals surface area contributed by atoms with Gasteiger partial charge in [-0.3, -0.25) is 0 Å². The molecule has 0 unspecified atom stereocenters. The number of alkyl halides is 1. The fraction of sp³-hybridized carbons (Fsp3) is 0.300. The number of fused-ring (bicyclic) bond motifs is 1. The normalized spacial score (nSPS) is 15.2. The van der Waals surface area contributed by atoms with Gasteiger partial charge in [0.1, 0.15) is 0 Å². The number of ether oxygens (including phenoxy) is 1. The Hall–Kier alpha value is -2.07. The van der Waals surface area contributed by atoms with Crippen LogP contribution in [0, 0.1) is 11.6 Å². The summed E-state index contributed by atoms with van der Waals surface area (Å²) in [5, 5.41) is 3.47. The predicted octanol–water partition coefficient (Wildman–Crippen LogP) is 5.99. The quantitative estimate of drug-likeness (QED) is 0.676. The van der Waals surface area contributed by atoms with Gasteiger partial charge in [0.05, 0.1) is 12.6 Å². The topological polar surface area (TPSA) is 21.3 Å². The van der Waals surface area contributed by atoms with E-state index in [9.17, 15) is 8.78 Å². The molecule has 25 heavy (non-hydrogen) atoms. The van der Waals surface area contributed by atoms with Crippen molar-refractivity contribution in [1.29, 1.82) is 0 Å². The molecule has 0 amide bonds. The molecule has 0 spiro atoms. The number of methoxy groups -OCH3 is 1. The van der Waals surface area contributed by atoms with E-state index in [1.165, 1.54) is 13.2 Å². The number of rotatable bonds is 3. The SMILES string of the molecule is COc1c(-c2ccc3c(c2CCl)C(C)=CC(C)(C)N3)ccc(F)c1F. The fourth-order valence-electron chi connectivity index (χ4n) is 3.53. The molecule has 1 aliphatic rings. The summed E-state index contributed by atoms with van der Waals surface area (Å²) < 4.78 is 32.8. The smallest absolute Gasteiger partial charge is 0.201 e. The van der Waals surface area contributed by atoms with E-state index in [-0.39, 0.29) is 17.2 Å². The monoisotopic (exact) mass is 363 g/mol. The van der Waals surface area contributed by atoms with Crippen molar-refractivity contribution >= 4 is 22.9 Å². The zero-order valence-electron chi connectivity index (χ0n) is 14.6. The van der Waals surface area contributed by atoms with E-state index >= 15 is 0 Å². The average Bonchev–Trinajstić information content (AvgIpc) is 2.55. The first-order valence-corrected chi connectivity index (χ1v) is 8.54. The second kappa shape index (κ2) is 6.34. The van der Waals surface area contributed by atoms with Crippen molar-refractivity contribution in [2.45, 2.75) is 32.2 Å². The van der Waals surface area contributed by atoms with Crippen LogP contribution in [0.1, 0.15) is 31.9 Å². The third-order valence-electron chi connectivity index (χ3n) is 4.42. The largest absolute Gasteiger partial charge is 0.493 e. The molecule has 0 saturated heterocycles. The van der Waals surface area contributed by atoms with E-state index in [1.54, 1.807) is 0 Å².